The van der Waals surface area contributed by atoms with Crippen LogP contribution in [0.3, 0.4) is 0 Å². The molecule has 1 aliphatic rings. The molecule has 1 saturated carbocycles. The molecule has 0 aromatic heterocycles. The van der Waals surface area contributed by atoms with Crippen LogP contribution in [-0.4, -0.2) is 7.11 Å². The summed E-state index contributed by atoms with van der Waals surface area (Å²) in [6.07, 6.45) is 6.44. The average Bonchev–Trinajstić information content (AvgIpc) is 2.15. The van der Waals surface area contributed by atoms with E-state index in [4.69, 9.17) is 4.74 Å². The van der Waals surface area contributed by atoms with Crippen LogP contribution in [0, 0.1) is 5.92 Å². The maximum absolute atomic E-state index is 5.26. The lowest BCUT2D eigenvalue weighted by atomic mass is 9.95. The molecule has 1 fully saturated rings. The van der Waals surface area contributed by atoms with E-state index in [1.807, 2.05) is 0 Å². The zero-order valence-electron chi connectivity index (χ0n) is 8.94. The number of hydrogen-bond acceptors (Lipinski definition) is 1. The van der Waals surface area contributed by atoms with E-state index < -0.39 is 0 Å². The maximum atomic E-state index is 5.26. The molecular formula is C12H19O+. The van der Waals surface area contributed by atoms with Crippen molar-refractivity contribution in [2.45, 2.75) is 46.0 Å². The van der Waals surface area contributed by atoms with Crippen molar-refractivity contribution in [2.75, 3.05) is 7.11 Å². The first-order valence-corrected chi connectivity index (χ1v) is 5.07. The molecule has 0 amide bonds. The lowest BCUT2D eigenvalue weighted by Crippen LogP contribution is -1.96. The highest BCUT2D eigenvalue weighted by Crippen LogP contribution is 2.23. The predicted molar refractivity (Wildman–Crippen MR) is 55.2 cm³/mol. The lowest BCUT2D eigenvalue weighted by molar-refractivity contribution is 0.290. The van der Waals surface area contributed by atoms with E-state index in [1.54, 1.807) is 7.11 Å². The topological polar surface area (TPSA) is 9.23 Å². The van der Waals surface area contributed by atoms with Gasteiger partial charge in [-0.15, -0.1) is 0 Å². The highest BCUT2D eigenvalue weighted by atomic mass is 16.5. The normalized spacial score (nSPS) is 16.4. The van der Waals surface area contributed by atoms with Gasteiger partial charge < -0.3 is 4.74 Å². The number of ether oxygens (including phenoxy) is 1. The van der Waals surface area contributed by atoms with Crippen molar-refractivity contribution in [3.05, 3.63) is 23.0 Å². The van der Waals surface area contributed by atoms with Gasteiger partial charge in [-0.05, 0) is 25.7 Å². The molecule has 72 valence electrons. The lowest BCUT2D eigenvalue weighted by Gasteiger charge is -2.07. The van der Waals surface area contributed by atoms with Crippen LogP contribution in [-0.2, 0) is 4.74 Å². The van der Waals surface area contributed by atoms with Gasteiger partial charge in [0.25, 0.3) is 0 Å². The molecule has 0 saturated heterocycles. The van der Waals surface area contributed by atoms with Crippen molar-refractivity contribution < 1.29 is 4.74 Å². The van der Waals surface area contributed by atoms with E-state index >= 15 is 0 Å². The monoisotopic (exact) mass is 179 g/mol. The summed E-state index contributed by atoms with van der Waals surface area (Å²) in [6, 6.07) is 0. The molecule has 0 atom stereocenters. The van der Waals surface area contributed by atoms with Gasteiger partial charge in [0.1, 0.15) is 11.6 Å². The fourth-order valence-electron chi connectivity index (χ4n) is 1.64. The van der Waals surface area contributed by atoms with Crippen LogP contribution >= 0.6 is 0 Å². The molecule has 0 N–H and O–H groups in total. The first kappa shape index (κ1) is 10.3. The first-order valence-electron chi connectivity index (χ1n) is 5.07. The van der Waals surface area contributed by atoms with Crippen LogP contribution in [0.15, 0.2) is 17.1 Å². The van der Waals surface area contributed by atoms with E-state index in [9.17, 15) is 0 Å². The minimum atomic E-state index is 0.928. The Morgan fingerprint density at radius 1 is 1.23 bits per heavy atom. The quantitative estimate of drug-likeness (QED) is 0.357. The second-order valence-electron chi connectivity index (χ2n) is 3.82. The molecule has 0 aromatic carbocycles. The molecule has 0 unspecified atom stereocenters. The molecule has 0 aromatic rings. The van der Waals surface area contributed by atoms with E-state index in [0.29, 0.717) is 0 Å². The molecule has 0 spiro atoms. The van der Waals surface area contributed by atoms with Gasteiger partial charge in [-0.2, -0.15) is 0 Å². The molecule has 1 nitrogen and oxygen atoms in total. The highest BCUT2D eigenvalue weighted by molar-refractivity contribution is 5.17. The van der Waals surface area contributed by atoms with Gasteiger partial charge in [-0.3, -0.25) is 0 Å². The van der Waals surface area contributed by atoms with Gasteiger partial charge in [-0.1, -0.05) is 6.42 Å². The van der Waals surface area contributed by atoms with Crippen molar-refractivity contribution in [2.24, 2.45) is 0 Å². The second-order valence-corrected chi connectivity index (χ2v) is 3.82. The predicted octanol–water partition coefficient (Wildman–Crippen LogP) is 3.62. The smallest absolute Gasteiger partial charge is 0.346 e. The molecule has 0 radical (unpaired) electrons. The van der Waals surface area contributed by atoms with Crippen LogP contribution in [0.1, 0.15) is 46.0 Å². The molecule has 0 heterocycles. The summed E-state index contributed by atoms with van der Waals surface area (Å²) in [4.78, 5) is 0. The number of allylic oxidation sites excluding steroid dienone is 1. The van der Waals surface area contributed by atoms with E-state index in [-0.39, 0.29) is 0 Å². The summed E-state index contributed by atoms with van der Waals surface area (Å²) in [5.74, 6) is 2.14. The van der Waals surface area contributed by atoms with E-state index in [0.717, 1.165) is 5.76 Å². The standard InChI is InChI=1S/C12H19O/c1-10(2)12(13-3)9-11-7-5-4-6-8-11/h4-8H2,1-3H3/q+1. The number of hydrogen-bond donors (Lipinski definition) is 0. The van der Waals surface area contributed by atoms with Crippen LogP contribution in [0.2, 0.25) is 0 Å². The van der Waals surface area contributed by atoms with Gasteiger partial charge in [-0.25, -0.2) is 0 Å². The highest BCUT2D eigenvalue weighted by Gasteiger charge is 2.16. The van der Waals surface area contributed by atoms with Crippen LogP contribution in [0.25, 0.3) is 0 Å². The summed E-state index contributed by atoms with van der Waals surface area (Å²) < 4.78 is 5.26. The molecule has 1 aliphatic carbocycles. The van der Waals surface area contributed by atoms with Gasteiger partial charge in [0.2, 0.25) is 0 Å². The largest absolute Gasteiger partial charge is 0.458 e. The van der Waals surface area contributed by atoms with Gasteiger partial charge in [0.15, 0.2) is 0 Å². The zero-order chi connectivity index (χ0) is 9.68. The summed E-state index contributed by atoms with van der Waals surface area (Å²) in [6.45, 7) is 4.13. The Bertz CT molecular complexity index is 211. The number of rotatable bonds is 2. The SMILES string of the molecule is COC(=C=C1CCCCC1)[C+](C)C. The summed E-state index contributed by atoms with van der Waals surface area (Å²) >= 11 is 0. The summed E-state index contributed by atoms with van der Waals surface area (Å²) in [5, 5.41) is 0. The minimum Gasteiger partial charge on any atom is -0.458 e. The molecule has 1 heteroatoms. The van der Waals surface area contributed by atoms with Crippen molar-refractivity contribution in [3.8, 4) is 0 Å². The molecule has 13 heavy (non-hydrogen) atoms. The Balaban J connectivity index is 2.76. The Morgan fingerprint density at radius 2 is 1.85 bits per heavy atom. The van der Waals surface area contributed by atoms with Gasteiger partial charge >= 0.3 is 5.76 Å². The summed E-state index contributed by atoms with van der Waals surface area (Å²) in [5.41, 5.74) is 4.81. The van der Waals surface area contributed by atoms with E-state index in [2.05, 4.69) is 19.6 Å². The fraction of sp³-hybridized carbons (Fsp3) is 0.667. The zero-order valence-corrected chi connectivity index (χ0v) is 8.94. The van der Waals surface area contributed by atoms with E-state index in [1.165, 1.54) is 43.6 Å². The third-order valence-corrected chi connectivity index (χ3v) is 2.41. The Hall–Kier alpha value is -0.810. The van der Waals surface area contributed by atoms with Crippen LogP contribution in [0.4, 0.5) is 0 Å². The third kappa shape index (κ3) is 3.20. The molecular weight excluding hydrogens is 160 g/mol. The first-order chi connectivity index (χ1) is 6.24. The van der Waals surface area contributed by atoms with Crippen LogP contribution < -0.4 is 0 Å². The molecule has 1 rings (SSSR count). The number of methoxy groups -OCH3 is 1. The Kier molecular flexibility index (Phi) is 3.98. The Morgan fingerprint density at radius 3 is 2.31 bits per heavy atom. The van der Waals surface area contributed by atoms with Crippen molar-refractivity contribution in [3.63, 3.8) is 0 Å². The minimum absolute atomic E-state index is 0.928. The summed E-state index contributed by atoms with van der Waals surface area (Å²) in [7, 11) is 1.72. The molecule has 0 aliphatic heterocycles. The van der Waals surface area contributed by atoms with Crippen molar-refractivity contribution in [1.82, 2.24) is 0 Å². The average molecular weight is 179 g/mol. The maximum Gasteiger partial charge on any atom is 0.346 e. The fourth-order valence-corrected chi connectivity index (χ4v) is 1.64. The van der Waals surface area contributed by atoms with Gasteiger partial charge in [0.05, 0.1) is 12.7 Å². The van der Waals surface area contributed by atoms with Crippen molar-refractivity contribution >= 4 is 0 Å². The second kappa shape index (κ2) is 5.04. The van der Waals surface area contributed by atoms with Gasteiger partial charge in [0, 0.05) is 13.8 Å². The molecule has 0 bridgehead atoms. The van der Waals surface area contributed by atoms with Crippen LogP contribution in [0.5, 0.6) is 0 Å². The third-order valence-electron chi connectivity index (χ3n) is 2.41. The van der Waals surface area contributed by atoms with Crippen molar-refractivity contribution in [1.29, 1.82) is 0 Å². The Labute approximate surface area is 81.5 Å².